The molecule has 3 aliphatic rings. The highest BCUT2D eigenvalue weighted by Gasteiger charge is 2.47. The Morgan fingerprint density at radius 1 is 1.17 bits per heavy atom. The molecule has 3 unspecified atom stereocenters. The van der Waals surface area contributed by atoms with E-state index in [1.54, 1.807) is 13.8 Å². The molecule has 130 valence electrons. The van der Waals surface area contributed by atoms with Crippen LogP contribution in [0, 0.1) is 11.3 Å². The Kier molecular flexibility index (Phi) is 4.74. The van der Waals surface area contributed by atoms with E-state index in [4.69, 9.17) is 14.2 Å². The normalized spacial score (nSPS) is 27.3. The standard InChI is InChI=1S/C17H26O6/c1-6-16(2,3)14(19)23-17(4,5)15(20)22-12-9-10-7-8-11(12)21-13(10)18/h10-12H,6-9H2,1-5H3. The molecule has 0 aromatic carbocycles. The number of ether oxygens (including phenoxy) is 3. The minimum atomic E-state index is -1.37. The first kappa shape index (κ1) is 17.8. The zero-order valence-electron chi connectivity index (χ0n) is 14.5. The Morgan fingerprint density at radius 2 is 1.83 bits per heavy atom. The molecule has 1 aliphatic carbocycles. The second kappa shape index (κ2) is 6.13. The highest BCUT2D eigenvalue weighted by atomic mass is 16.6. The van der Waals surface area contributed by atoms with Crippen LogP contribution in [0.3, 0.4) is 0 Å². The van der Waals surface area contributed by atoms with Crippen LogP contribution in [0.1, 0.15) is 60.3 Å². The summed E-state index contributed by atoms with van der Waals surface area (Å²) >= 11 is 0. The van der Waals surface area contributed by atoms with Gasteiger partial charge < -0.3 is 14.2 Å². The third-order valence-corrected chi connectivity index (χ3v) is 4.87. The smallest absolute Gasteiger partial charge is 0.350 e. The van der Waals surface area contributed by atoms with Gasteiger partial charge in [-0.1, -0.05) is 6.92 Å². The maximum absolute atomic E-state index is 12.4. The van der Waals surface area contributed by atoms with Gasteiger partial charge >= 0.3 is 17.9 Å². The summed E-state index contributed by atoms with van der Waals surface area (Å²) < 4.78 is 16.1. The van der Waals surface area contributed by atoms with Crippen molar-refractivity contribution >= 4 is 17.9 Å². The summed E-state index contributed by atoms with van der Waals surface area (Å²) in [7, 11) is 0. The van der Waals surface area contributed by atoms with Gasteiger partial charge in [0.1, 0.15) is 12.2 Å². The Hall–Kier alpha value is -1.59. The average molecular weight is 326 g/mol. The van der Waals surface area contributed by atoms with Crippen molar-refractivity contribution in [3.8, 4) is 0 Å². The molecule has 1 saturated carbocycles. The first-order chi connectivity index (χ1) is 10.6. The van der Waals surface area contributed by atoms with Crippen molar-refractivity contribution in [2.45, 2.75) is 78.1 Å². The van der Waals surface area contributed by atoms with Gasteiger partial charge in [-0.05, 0) is 47.0 Å². The van der Waals surface area contributed by atoms with E-state index in [-0.39, 0.29) is 18.0 Å². The third-order valence-electron chi connectivity index (χ3n) is 4.87. The van der Waals surface area contributed by atoms with Crippen LogP contribution in [0.5, 0.6) is 0 Å². The molecule has 0 amide bonds. The van der Waals surface area contributed by atoms with Crippen molar-refractivity contribution in [2.24, 2.45) is 11.3 Å². The van der Waals surface area contributed by atoms with Crippen molar-refractivity contribution < 1.29 is 28.6 Å². The van der Waals surface area contributed by atoms with Crippen LogP contribution in [0.2, 0.25) is 0 Å². The van der Waals surface area contributed by atoms with Crippen molar-refractivity contribution in [3.05, 3.63) is 0 Å². The quantitative estimate of drug-likeness (QED) is 0.570. The predicted octanol–water partition coefficient (Wildman–Crippen LogP) is 2.38. The lowest BCUT2D eigenvalue weighted by molar-refractivity contribution is -0.206. The topological polar surface area (TPSA) is 78.9 Å². The van der Waals surface area contributed by atoms with Crippen molar-refractivity contribution in [1.82, 2.24) is 0 Å². The molecular weight excluding hydrogens is 300 g/mol. The molecule has 6 nitrogen and oxygen atoms in total. The SMILES string of the molecule is CCC(C)(C)C(=O)OC(C)(C)C(=O)OC1CC2CCC1OC2=O. The molecule has 0 N–H and O–H groups in total. The highest BCUT2D eigenvalue weighted by molar-refractivity contribution is 5.84. The number of hydrogen-bond donors (Lipinski definition) is 0. The number of hydrogen-bond acceptors (Lipinski definition) is 6. The van der Waals surface area contributed by atoms with E-state index in [9.17, 15) is 14.4 Å². The molecule has 0 aromatic heterocycles. The fraction of sp³-hybridized carbons (Fsp3) is 0.824. The molecule has 2 heterocycles. The molecule has 0 radical (unpaired) electrons. The Balaban J connectivity index is 1.97. The van der Waals surface area contributed by atoms with Crippen LogP contribution >= 0.6 is 0 Å². The van der Waals surface area contributed by atoms with Crippen LogP contribution in [0.25, 0.3) is 0 Å². The first-order valence-electron chi connectivity index (χ1n) is 8.22. The lowest BCUT2D eigenvalue weighted by Gasteiger charge is -2.41. The van der Waals surface area contributed by atoms with Gasteiger partial charge in [0.15, 0.2) is 0 Å². The monoisotopic (exact) mass is 326 g/mol. The van der Waals surface area contributed by atoms with Gasteiger partial charge in [0, 0.05) is 6.42 Å². The number of carbonyl (C=O) groups is 3. The molecule has 23 heavy (non-hydrogen) atoms. The van der Waals surface area contributed by atoms with E-state index in [1.165, 1.54) is 13.8 Å². The zero-order chi connectivity index (χ0) is 17.4. The predicted molar refractivity (Wildman–Crippen MR) is 81.3 cm³/mol. The summed E-state index contributed by atoms with van der Waals surface area (Å²) in [4.78, 5) is 36.1. The Labute approximate surface area is 136 Å². The third kappa shape index (κ3) is 3.67. The molecule has 0 aromatic rings. The molecule has 3 fully saturated rings. The maximum Gasteiger partial charge on any atom is 0.350 e. The number of rotatable bonds is 5. The summed E-state index contributed by atoms with van der Waals surface area (Å²) in [5.41, 5.74) is -2.03. The van der Waals surface area contributed by atoms with Crippen molar-refractivity contribution in [2.75, 3.05) is 0 Å². The summed E-state index contributed by atoms with van der Waals surface area (Å²) in [5, 5.41) is 0. The van der Waals surface area contributed by atoms with Gasteiger partial charge in [-0.25, -0.2) is 4.79 Å². The van der Waals surface area contributed by atoms with Gasteiger partial charge in [-0.3, -0.25) is 9.59 Å². The fourth-order valence-electron chi connectivity index (χ4n) is 2.65. The van der Waals surface area contributed by atoms with Crippen molar-refractivity contribution in [1.29, 1.82) is 0 Å². The molecule has 6 heteroatoms. The zero-order valence-corrected chi connectivity index (χ0v) is 14.5. The summed E-state index contributed by atoms with van der Waals surface area (Å²) in [6.07, 6.45) is 1.75. The summed E-state index contributed by atoms with van der Waals surface area (Å²) in [5.74, 6) is -1.43. The molecule has 0 spiro atoms. The number of esters is 3. The van der Waals surface area contributed by atoms with E-state index >= 15 is 0 Å². The summed E-state index contributed by atoms with van der Waals surface area (Å²) in [6, 6.07) is 0. The van der Waals surface area contributed by atoms with Gasteiger partial charge in [0.2, 0.25) is 5.60 Å². The van der Waals surface area contributed by atoms with Crippen LogP contribution in [0.15, 0.2) is 0 Å². The van der Waals surface area contributed by atoms with E-state index in [2.05, 4.69) is 0 Å². The Bertz CT molecular complexity index is 507. The van der Waals surface area contributed by atoms with Gasteiger partial charge in [0.25, 0.3) is 0 Å². The van der Waals surface area contributed by atoms with Crippen LogP contribution in [-0.2, 0) is 28.6 Å². The minimum absolute atomic E-state index is 0.192. The number of carbonyl (C=O) groups excluding carboxylic acids is 3. The Morgan fingerprint density at radius 3 is 2.30 bits per heavy atom. The van der Waals surface area contributed by atoms with Crippen molar-refractivity contribution in [3.63, 3.8) is 0 Å². The van der Waals surface area contributed by atoms with Crippen LogP contribution in [-0.4, -0.2) is 35.7 Å². The number of fused-ring (bicyclic) bond motifs is 3. The first-order valence-corrected chi connectivity index (χ1v) is 8.22. The molecule has 2 saturated heterocycles. The van der Waals surface area contributed by atoms with Gasteiger partial charge in [0.05, 0.1) is 11.3 Å². The van der Waals surface area contributed by atoms with Gasteiger partial charge in [-0.2, -0.15) is 0 Å². The minimum Gasteiger partial charge on any atom is -0.458 e. The summed E-state index contributed by atoms with van der Waals surface area (Å²) in [6.45, 7) is 8.48. The molecule has 3 atom stereocenters. The van der Waals surface area contributed by atoms with Crippen LogP contribution in [0.4, 0.5) is 0 Å². The largest absolute Gasteiger partial charge is 0.458 e. The van der Waals surface area contributed by atoms with E-state index in [0.717, 1.165) is 6.42 Å². The molecule has 2 aliphatic heterocycles. The van der Waals surface area contributed by atoms with Gasteiger partial charge in [-0.15, -0.1) is 0 Å². The second-order valence-corrected chi connectivity index (χ2v) is 7.57. The van der Waals surface area contributed by atoms with E-state index in [1.807, 2.05) is 6.92 Å². The average Bonchev–Trinajstić information content (AvgIpc) is 2.48. The lowest BCUT2D eigenvalue weighted by Crippen LogP contribution is -2.51. The van der Waals surface area contributed by atoms with E-state index in [0.29, 0.717) is 19.3 Å². The highest BCUT2D eigenvalue weighted by Crippen LogP contribution is 2.36. The molecular formula is C17H26O6. The van der Waals surface area contributed by atoms with Crippen LogP contribution < -0.4 is 0 Å². The fourth-order valence-corrected chi connectivity index (χ4v) is 2.65. The molecule has 2 bridgehead atoms. The molecule has 3 rings (SSSR count). The van der Waals surface area contributed by atoms with E-state index < -0.39 is 29.1 Å². The lowest BCUT2D eigenvalue weighted by atomic mass is 9.82. The second-order valence-electron chi connectivity index (χ2n) is 7.57. The maximum atomic E-state index is 12.4.